The molecular weight excluding hydrogens is 526 g/mol. The number of allylic oxidation sites excluding steroid dienone is 2. The lowest BCUT2D eigenvalue weighted by Gasteiger charge is -2.57. The van der Waals surface area contributed by atoms with Crippen molar-refractivity contribution in [1.29, 1.82) is 0 Å². The molecule has 4 bridgehead atoms. The molecule has 0 radical (unpaired) electrons. The summed E-state index contributed by atoms with van der Waals surface area (Å²) < 4.78 is 11.9. The Hall–Kier alpha value is -3.38. The number of carbonyl (C=O) groups is 1. The molecule has 4 aliphatic carbocycles. The number of aryl methyl sites for hydroxylation is 1. The van der Waals surface area contributed by atoms with E-state index in [0.717, 1.165) is 53.0 Å². The molecule has 1 heterocycles. The third-order valence-corrected chi connectivity index (χ3v) is 9.77. The molecule has 7 rings (SSSR count). The topological polar surface area (TPSA) is 88.8 Å². The van der Waals surface area contributed by atoms with E-state index in [1.165, 1.54) is 44.6 Å². The van der Waals surface area contributed by atoms with Gasteiger partial charge in [0.15, 0.2) is 5.78 Å². The number of rotatable bonds is 11. The average molecular weight is 570 g/mol. The summed E-state index contributed by atoms with van der Waals surface area (Å²) in [7, 11) is 0. The second-order valence-corrected chi connectivity index (χ2v) is 13.4. The van der Waals surface area contributed by atoms with Crippen LogP contribution in [0, 0.1) is 24.7 Å². The van der Waals surface area contributed by atoms with Crippen molar-refractivity contribution >= 4 is 16.8 Å². The monoisotopic (exact) mass is 569 g/mol. The Kier molecular flexibility index (Phi) is 8.01. The quantitative estimate of drug-likeness (QED) is 0.111. The highest BCUT2D eigenvalue weighted by molar-refractivity contribution is 5.98. The van der Waals surface area contributed by atoms with E-state index < -0.39 is 5.63 Å². The molecule has 222 valence electrons. The number of ketones is 1. The third kappa shape index (κ3) is 6.05. The van der Waals surface area contributed by atoms with Crippen molar-refractivity contribution in [3.05, 3.63) is 80.7 Å². The van der Waals surface area contributed by atoms with E-state index >= 15 is 0 Å². The molecule has 42 heavy (non-hydrogen) atoms. The van der Waals surface area contributed by atoms with Gasteiger partial charge in [-0.2, -0.15) is 0 Å². The molecule has 4 fully saturated rings. The number of Topliss-reactive ketones (excluding diaryl/α,β-unsaturated/α-hetero) is 1. The van der Waals surface area contributed by atoms with E-state index in [-0.39, 0.29) is 18.0 Å². The van der Waals surface area contributed by atoms with Gasteiger partial charge in [0.25, 0.3) is 0 Å². The van der Waals surface area contributed by atoms with Gasteiger partial charge in [-0.25, -0.2) is 4.79 Å². The Balaban J connectivity index is 1.07. The van der Waals surface area contributed by atoms with Crippen LogP contribution in [0.4, 0.5) is 0 Å². The number of phenolic OH excluding ortho intramolecular Hbond substituents is 1. The molecule has 2 N–H and O–H groups in total. The summed E-state index contributed by atoms with van der Waals surface area (Å²) in [5.41, 5.74) is 3.73. The molecule has 6 heteroatoms. The average Bonchev–Trinajstić information content (AvgIpc) is 2.93. The Morgan fingerprint density at radius 3 is 2.45 bits per heavy atom. The number of nitrogens with one attached hydrogen (secondary N) is 1. The van der Waals surface area contributed by atoms with Crippen LogP contribution in [-0.4, -0.2) is 29.6 Å². The van der Waals surface area contributed by atoms with Gasteiger partial charge in [-0.1, -0.05) is 11.6 Å². The molecule has 2 aromatic carbocycles. The minimum atomic E-state index is -0.514. The fourth-order valence-electron chi connectivity index (χ4n) is 8.07. The van der Waals surface area contributed by atoms with Gasteiger partial charge < -0.3 is 19.6 Å². The van der Waals surface area contributed by atoms with Crippen molar-refractivity contribution in [1.82, 2.24) is 5.32 Å². The lowest BCUT2D eigenvalue weighted by molar-refractivity contribution is -0.0198. The summed E-state index contributed by atoms with van der Waals surface area (Å²) in [6.45, 7) is 7.45. The maximum atomic E-state index is 13.1. The summed E-state index contributed by atoms with van der Waals surface area (Å²) in [4.78, 5) is 26.0. The van der Waals surface area contributed by atoms with Gasteiger partial charge in [-0.15, -0.1) is 0 Å². The molecule has 0 saturated heterocycles. The van der Waals surface area contributed by atoms with Crippen molar-refractivity contribution in [2.45, 2.75) is 84.1 Å². The maximum absolute atomic E-state index is 13.1. The van der Waals surface area contributed by atoms with Crippen molar-refractivity contribution in [2.75, 3.05) is 13.2 Å². The first kappa shape index (κ1) is 28.7. The van der Waals surface area contributed by atoms with Crippen LogP contribution in [0.1, 0.15) is 85.8 Å². The Labute approximate surface area is 248 Å². The lowest BCUT2D eigenvalue weighted by Crippen LogP contribution is -2.58. The molecule has 0 atom stereocenters. The predicted octanol–water partition coefficient (Wildman–Crippen LogP) is 7.07. The lowest BCUT2D eigenvalue weighted by atomic mass is 9.53. The Morgan fingerprint density at radius 1 is 1.05 bits per heavy atom. The number of hydrogen-bond acceptors (Lipinski definition) is 6. The summed E-state index contributed by atoms with van der Waals surface area (Å²) in [5.74, 6) is 3.49. The summed E-state index contributed by atoms with van der Waals surface area (Å²) in [6, 6.07) is 10.4. The van der Waals surface area contributed by atoms with Gasteiger partial charge in [0, 0.05) is 34.0 Å². The number of ether oxygens (including phenoxy) is 1. The molecule has 3 aromatic rings. The van der Waals surface area contributed by atoms with Crippen LogP contribution in [0.2, 0.25) is 0 Å². The van der Waals surface area contributed by atoms with Gasteiger partial charge in [-0.05, 0) is 138 Å². The minimum absolute atomic E-state index is 0.0703. The van der Waals surface area contributed by atoms with Gasteiger partial charge in [-0.3, -0.25) is 4.79 Å². The number of hydrogen-bond donors (Lipinski definition) is 2. The summed E-state index contributed by atoms with van der Waals surface area (Å²) >= 11 is 0. The zero-order valence-corrected chi connectivity index (χ0v) is 25.1. The van der Waals surface area contributed by atoms with E-state index in [1.54, 1.807) is 18.2 Å². The van der Waals surface area contributed by atoms with Crippen LogP contribution < -0.4 is 15.7 Å². The van der Waals surface area contributed by atoms with E-state index in [0.29, 0.717) is 40.8 Å². The number of carbonyl (C=O) groups excluding carboxylic acids is 1. The van der Waals surface area contributed by atoms with E-state index in [4.69, 9.17) is 9.15 Å². The third-order valence-electron chi connectivity index (χ3n) is 9.77. The van der Waals surface area contributed by atoms with Crippen molar-refractivity contribution in [2.24, 2.45) is 17.8 Å². The van der Waals surface area contributed by atoms with E-state index in [9.17, 15) is 14.7 Å². The zero-order chi connectivity index (χ0) is 29.4. The van der Waals surface area contributed by atoms with Crippen LogP contribution in [0.15, 0.2) is 57.3 Å². The summed E-state index contributed by atoms with van der Waals surface area (Å²) in [5, 5.41) is 14.9. The van der Waals surface area contributed by atoms with Crippen molar-refractivity contribution in [3.8, 4) is 11.5 Å². The molecule has 4 aliphatic rings. The number of fused-ring (bicyclic) bond motifs is 1. The molecule has 0 unspecified atom stereocenters. The number of benzene rings is 2. The van der Waals surface area contributed by atoms with Gasteiger partial charge >= 0.3 is 5.63 Å². The minimum Gasteiger partial charge on any atom is -0.508 e. The van der Waals surface area contributed by atoms with Gasteiger partial charge in [0.2, 0.25) is 0 Å². The van der Waals surface area contributed by atoms with Crippen LogP contribution in [-0.2, 0) is 12.8 Å². The fraction of sp³-hybridized carbons (Fsp3) is 0.500. The number of phenols is 1. The highest BCUT2D eigenvalue weighted by Crippen LogP contribution is 2.55. The fourth-order valence-corrected chi connectivity index (χ4v) is 8.07. The SMILES string of the molecule is CC(C)=CCc1cc(C(=O)Cc2cc3ccc(OCCCNC45CC6CC(CC(C6)C4)C5)c(C)c3oc2=O)ccc1O. The van der Waals surface area contributed by atoms with Gasteiger partial charge in [0.1, 0.15) is 17.1 Å². The molecule has 1 aromatic heterocycles. The second kappa shape index (κ2) is 11.7. The normalized spacial score (nSPS) is 24.2. The predicted molar refractivity (Wildman–Crippen MR) is 166 cm³/mol. The molecule has 6 nitrogen and oxygen atoms in total. The molecule has 0 amide bonds. The Morgan fingerprint density at radius 2 is 1.76 bits per heavy atom. The highest BCUT2D eigenvalue weighted by Gasteiger charge is 2.50. The van der Waals surface area contributed by atoms with Crippen LogP contribution in [0.5, 0.6) is 11.5 Å². The molecule has 4 saturated carbocycles. The van der Waals surface area contributed by atoms with Crippen molar-refractivity contribution in [3.63, 3.8) is 0 Å². The summed E-state index contributed by atoms with van der Waals surface area (Å²) in [6.07, 6.45) is 11.8. The first-order chi connectivity index (χ1) is 20.2. The highest BCUT2D eigenvalue weighted by atomic mass is 16.5. The Bertz CT molecular complexity index is 1540. The van der Waals surface area contributed by atoms with Crippen LogP contribution >= 0.6 is 0 Å². The standard InChI is InChI=1S/C36H43NO5/c1-22(2)5-6-27-16-28(7-9-31(27)38)32(39)18-30-17-29-8-10-33(23(3)34(29)42-35(30)40)41-12-4-11-37-36-19-24-13-25(20-36)15-26(14-24)21-36/h5,7-10,16-17,24-26,37-38H,4,6,11-15,18-21H2,1-3H3. The maximum Gasteiger partial charge on any atom is 0.339 e. The molecule has 0 aliphatic heterocycles. The molecule has 0 spiro atoms. The van der Waals surface area contributed by atoms with Gasteiger partial charge in [0.05, 0.1) is 6.61 Å². The number of aromatic hydroxyl groups is 1. The second-order valence-electron chi connectivity index (χ2n) is 13.4. The smallest absolute Gasteiger partial charge is 0.339 e. The van der Waals surface area contributed by atoms with E-state index in [1.807, 2.05) is 39.0 Å². The first-order valence-electron chi connectivity index (χ1n) is 15.6. The molecular formula is C36H43NO5. The largest absolute Gasteiger partial charge is 0.508 e. The zero-order valence-electron chi connectivity index (χ0n) is 25.1. The van der Waals surface area contributed by atoms with Crippen LogP contribution in [0.3, 0.4) is 0 Å². The van der Waals surface area contributed by atoms with Crippen LogP contribution in [0.25, 0.3) is 11.0 Å². The van der Waals surface area contributed by atoms with Crippen molar-refractivity contribution < 1.29 is 19.1 Å². The first-order valence-corrected chi connectivity index (χ1v) is 15.6. The van der Waals surface area contributed by atoms with E-state index in [2.05, 4.69) is 5.32 Å².